The number of non-ortho nitro benzene ring substituents is 1. The van der Waals surface area contributed by atoms with Crippen LogP contribution in [0.1, 0.15) is 10.4 Å². The van der Waals surface area contributed by atoms with Crippen molar-refractivity contribution in [1.82, 2.24) is 4.98 Å². The number of benzene rings is 1. The molecule has 92 valence electrons. The number of amides is 1. The van der Waals surface area contributed by atoms with Crippen LogP contribution in [0.5, 0.6) is 0 Å². The lowest BCUT2D eigenvalue weighted by Crippen LogP contribution is -2.11. The topological polar surface area (TPSA) is 85.1 Å². The molecular formula is C9H5N3O3S3. The lowest BCUT2D eigenvalue weighted by molar-refractivity contribution is -0.384. The Labute approximate surface area is 113 Å². The minimum atomic E-state index is -0.552. The fourth-order valence-electron chi connectivity index (χ4n) is 1.17. The van der Waals surface area contributed by atoms with Crippen molar-refractivity contribution in [3.05, 3.63) is 43.9 Å². The number of nitrogens with one attached hydrogen (secondary N) is 1. The summed E-state index contributed by atoms with van der Waals surface area (Å²) in [6.45, 7) is 0. The standard InChI is InChI=1S/C9H5N3O3S3/c13-7(10-8-11-9(16)18-17-8)5-2-1-3-6(4-5)12(14)15/h1-4H,(H,10,11,13,16). The van der Waals surface area contributed by atoms with Gasteiger partial charge < -0.3 is 0 Å². The van der Waals surface area contributed by atoms with Crippen molar-refractivity contribution >= 4 is 49.6 Å². The molecule has 0 atom stereocenters. The van der Waals surface area contributed by atoms with Gasteiger partial charge in [-0.1, -0.05) is 6.07 Å². The molecule has 0 fully saturated rings. The number of rotatable bonds is 3. The molecule has 1 heterocycles. The van der Waals surface area contributed by atoms with Crippen molar-refractivity contribution in [3.63, 3.8) is 0 Å². The molecule has 0 aliphatic heterocycles. The number of nitrogens with zero attached hydrogens (tertiary/aromatic N) is 2. The monoisotopic (exact) mass is 299 g/mol. The summed E-state index contributed by atoms with van der Waals surface area (Å²) in [5.74, 6) is -0.449. The van der Waals surface area contributed by atoms with Crippen molar-refractivity contribution in [3.8, 4) is 0 Å². The summed E-state index contributed by atoms with van der Waals surface area (Å²) in [6, 6.07) is 5.48. The third-order valence-electron chi connectivity index (χ3n) is 1.92. The van der Waals surface area contributed by atoms with E-state index in [1.807, 2.05) is 0 Å². The van der Waals surface area contributed by atoms with Crippen molar-refractivity contribution in [2.45, 2.75) is 0 Å². The van der Waals surface area contributed by atoms with Crippen LogP contribution in [0.25, 0.3) is 0 Å². The second kappa shape index (κ2) is 5.29. The summed E-state index contributed by atoms with van der Waals surface area (Å²) in [5.41, 5.74) is 0.0730. The molecule has 9 heteroatoms. The molecule has 1 amide bonds. The molecule has 0 saturated heterocycles. The van der Waals surface area contributed by atoms with Gasteiger partial charge in [0.25, 0.3) is 11.6 Å². The molecule has 0 bridgehead atoms. The number of nitro benzene ring substituents is 1. The van der Waals surface area contributed by atoms with Gasteiger partial charge in [0.1, 0.15) is 0 Å². The van der Waals surface area contributed by atoms with E-state index in [2.05, 4.69) is 10.3 Å². The SMILES string of the molecule is O=C(Nc1nc(=S)ss1)c1cccc([N+](=O)[O-])c1. The third-order valence-corrected chi connectivity index (χ3v) is 4.45. The Morgan fingerprint density at radius 1 is 1.44 bits per heavy atom. The van der Waals surface area contributed by atoms with Crippen LogP contribution in [0.4, 0.5) is 10.8 Å². The minimum absolute atomic E-state index is 0.131. The van der Waals surface area contributed by atoms with Gasteiger partial charge in [0.15, 0.2) is 3.95 Å². The number of carbonyl (C=O) groups is 1. The second-order valence-corrected chi connectivity index (χ2v) is 5.86. The Bertz CT molecular complexity index is 664. The quantitative estimate of drug-likeness (QED) is 0.407. The molecule has 0 saturated carbocycles. The van der Waals surface area contributed by atoms with Gasteiger partial charge in [-0.15, -0.1) is 0 Å². The summed E-state index contributed by atoms with van der Waals surface area (Å²) in [4.78, 5) is 25.8. The summed E-state index contributed by atoms with van der Waals surface area (Å²) < 4.78 is 0.439. The smallest absolute Gasteiger partial charge is 0.270 e. The number of anilines is 1. The van der Waals surface area contributed by atoms with E-state index in [0.29, 0.717) is 9.09 Å². The zero-order valence-corrected chi connectivity index (χ0v) is 11.1. The normalized spacial score (nSPS) is 10.0. The molecule has 0 radical (unpaired) electrons. The van der Waals surface area contributed by atoms with E-state index in [4.69, 9.17) is 12.2 Å². The molecular weight excluding hydrogens is 294 g/mol. The molecule has 1 aromatic carbocycles. The average molecular weight is 299 g/mol. The minimum Gasteiger partial charge on any atom is -0.297 e. The first-order valence-corrected chi connectivity index (χ1v) is 7.15. The fourth-order valence-corrected chi connectivity index (χ4v) is 3.03. The molecule has 0 aliphatic carbocycles. The van der Waals surface area contributed by atoms with Crippen molar-refractivity contribution in [2.24, 2.45) is 0 Å². The van der Waals surface area contributed by atoms with Crippen LogP contribution in [0.2, 0.25) is 0 Å². The van der Waals surface area contributed by atoms with E-state index in [1.54, 1.807) is 0 Å². The van der Waals surface area contributed by atoms with E-state index < -0.39 is 10.8 Å². The molecule has 6 nitrogen and oxygen atoms in total. The van der Waals surface area contributed by atoms with Gasteiger partial charge in [0.2, 0.25) is 5.13 Å². The predicted octanol–water partition coefficient (Wildman–Crippen LogP) is 3.09. The van der Waals surface area contributed by atoms with Gasteiger partial charge >= 0.3 is 0 Å². The van der Waals surface area contributed by atoms with Crippen LogP contribution in [-0.2, 0) is 0 Å². The first-order valence-electron chi connectivity index (χ1n) is 4.59. The molecule has 0 spiro atoms. The third kappa shape index (κ3) is 2.94. The van der Waals surface area contributed by atoms with Gasteiger partial charge in [-0.2, -0.15) is 4.98 Å². The Morgan fingerprint density at radius 2 is 2.22 bits per heavy atom. The van der Waals surface area contributed by atoms with E-state index in [0.717, 1.165) is 0 Å². The highest BCUT2D eigenvalue weighted by molar-refractivity contribution is 7.79. The highest BCUT2D eigenvalue weighted by Gasteiger charge is 2.12. The maximum atomic E-state index is 11.8. The average Bonchev–Trinajstić information content (AvgIpc) is 2.75. The Hall–Kier alpha value is -1.71. The number of carbonyl (C=O) groups excluding carboxylic acids is 1. The Balaban J connectivity index is 2.21. The molecule has 18 heavy (non-hydrogen) atoms. The molecule has 2 aromatic rings. The van der Waals surface area contributed by atoms with Crippen LogP contribution in [0, 0.1) is 14.1 Å². The number of hydrogen-bond donors (Lipinski definition) is 1. The fraction of sp³-hybridized carbons (Fsp3) is 0. The van der Waals surface area contributed by atoms with Crippen molar-refractivity contribution in [2.75, 3.05) is 5.32 Å². The Kier molecular flexibility index (Phi) is 3.75. The number of nitro groups is 1. The molecule has 0 unspecified atom stereocenters. The summed E-state index contributed by atoms with van der Waals surface area (Å²) in [7, 11) is 2.52. The number of hydrogen-bond acceptors (Lipinski definition) is 7. The summed E-state index contributed by atoms with van der Waals surface area (Å²) in [5, 5.41) is 13.5. The van der Waals surface area contributed by atoms with Crippen LogP contribution in [0.15, 0.2) is 24.3 Å². The van der Waals surface area contributed by atoms with Gasteiger partial charge in [0.05, 0.1) is 4.92 Å². The largest absolute Gasteiger partial charge is 0.297 e. The summed E-state index contributed by atoms with van der Waals surface area (Å²) >= 11 is 4.83. The van der Waals surface area contributed by atoms with Gasteiger partial charge in [-0.05, 0) is 39.0 Å². The van der Waals surface area contributed by atoms with E-state index >= 15 is 0 Å². The maximum Gasteiger partial charge on any atom is 0.270 e. The second-order valence-electron chi connectivity index (χ2n) is 3.11. The lowest BCUT2D eigenvalue weighted by atomic mass is 10.2. The maximum absolute atomic E-state index is 11.8. The van der Waals surface area contributed by atoms with Gasteiger partial charge in [-0.25, -0.2) is 0 Å². The van der Waals surface area contributed by atoms with Gasteiger partial charge in [-0.3, -0.25) is 20.2 Å². The molecule has 0 aliphatic rings. The van der Waals surface area contributed by atoms with Crippen LogP contribution in [0.3, 0.4) is 0 Å². The number of aromatic nitrogens is 1. The van der Waals surface area contributed by atoms with Crippen molar-refractivity contribution in [1.29, 1.82) is 0 Å². The molecule has 1 N–H and O–H groups in total. The van der Waals surface area contributed by atoms with E-state index in [9.17, 15) is 14.9 Å². The first kappa shape index (κ1) is 12.7. The molecule has 1 aromatic heterocycles. The zero-order valence-electron chi connectivity index (χ0n) is 8.65. The zero-order chi connectivity index (χ0) is 13.1. The van der Waals surface area contributed by atoms with E-state index in [-0.39, 0.29) is 11.3 Å². The van der Waals surface area contributed by atoms with Crippen LogP contribution >= 0.6 is 32.9 Å². The lowest BCUT2D eigenvalue weighted by Gasteiger charge is -2.00. The highest BCUT2D eigenvalue weighted by atomic mass is 32.9. The first-order chi connectivity index (χ1) is 8.56. The Morgan fingerprint density at radius 3 is 2.83 bits per heavy atom. The van der Waals surface area contributed by atoms with E-state index in [1.165, 1.54) is 44.9 Å². The molecule has 2 rings (SSSR count). The van der Waals surface area contributed by atoms with Crippen LogP contribution in [-0.4, -0.2) is 15.8 Å². The highest BCUT2D eigenvalue weighted by Crippen LogP contribution is 2.20. The van der Waals surface area contributed by atoms with Gasteiger partial charge in [0, 0.05) is 17.7 Å². The van der Waals surface area contributed by atoms with Crippen molar-refractivity contribution < 1.29 is 9.72 Å². The predicted molar refractivity (Wildman–Crippen MR) is 71.9 cm³/mol. The van der Waals surface area contributed by atoms with Crippen LogP contribution < -0.4 is 5.32 Å². The summed E-state index contributed by atoms with van der Waals surface area (Å²) in [6.07, 6.45) is 0.